The van der Waals surface area contributed by atoms with Crippen LogP contribution in [0.25, 0.3) is 0 Å². The molecule has 0 aromatic carbocycles. The van der Waals surface area contributed by atoms with Crippen molar-refractivity contribution < 1.29 is 51.4 Å². The molecule has 4 heteroatoms. The average molecular weight is 268 g/mol. The van der Waals surface area contributed by atoms with Crippen molar-refractivity contribution in [2.45, 2.75) is 27.2 Å². The van der Waals surface area contributed by atoms with Gasteiger partial charge in [0.1, 0.15) is 0 Å². The summed E-state index contributed by atoms with van der Waals surface area (Å²) in [5, 5.41) is 0. The number of likely N-dealkylation sites (N-methyl/N-ethyl adjacent to an activating group) is 1. The first-order chi connectivity index (χ1) is 7.72. The Kier molecular flexibility index (Phi) is 17.1. The van der Waals surface area contributed by atoms with E-state index in [1.165, 1.54) is 45.7 Å². The van der Waals surface area contributed by atoms with Crippen LogP contribution in [0.15, 0.2) is 0 Å². The number of hydrogen-bond acceptors (Lipinski definition) is 3. The van der Waals surface area contributed by atoms with Crippen molar-refractivity contribution in [3.63, 3.8) is 0 Å². The van der Waals surface area contributed by atoms with Crippen molar-refractivity contribution in [1.29, 1.82) is 0 Å². The Labute approximate surface area is 151 Å². The van der Waals surface area contributed by atoms with Gasteiger partial charge in [-0.25, -0.2) is 0 Å². The Morgan fingerprint density at radius 2 is 1.53 bits per heavy atom. The van der Waals surface area contributed by atoms with Crippen molar-refractivity contribution in [1.82, 2.24) is 14.7 Å². The first-order valence-electron chi connectivity index (χ1n) is 6.68. The maximum atomic E-state index is 3.85. The SMILES string of the molecule is CC.[CH2-]N(C)CCCN1CCN(CC)CC1.[K+]. The molecule has 0 saturated carbocycles. The summed E-state index contributed by atoms with van der Waals surface area (Å²) in [7, 11) is 5.89. The summed E-state index contributed by atoms with van der Waals surface area (Å²) in [6.07, 6.45) is 1.24. The summed E-state index contributed by atoms with van der Waals surface area (Å²) < 4.78 is 0. The van der Waals surface area contributed by atoms with Crippen LogP contribution >= 0.6 is 0 Å². The Morgan fingerprint density at radius 3 is 1.94 bits per heavy atom. The molecule has 1 heterocycles. The van der Waals surface area contributed by atoms with Crippen LogP contribution < -0.4 is 51.4 Å². The molecule has 98 valence electrons. The van der Waals surface area contributed by atoms with Gasteiger partial charge in [-0.2, -0.15) is 0 Å². The van der Waals surface area contributed by atoms with E-state index < -0.39 is 0 Å². The van der Waals surface area contributed by atoms with E-state index in [4.69, 9.17) is 0 Å². The fourth-order valence-electron chi connectivity index (χ4n) is 1.89. The molecule has 0 unspecified atom stereocenters. The van der Waals surface area contributed by atoms with Crippen molar-refractivity contribution in [3.8, 4) is 0 Å². The van der Waals surface area contributed by atoms with Crippen molar-refractivity contribution >= 4 is 0 Å². The summed E-state index contributed by atoms with van der Waals surface area (Å²) >= 11 is 0. The second-order valence-electron chi connectivity index (χ2n) is 4.21. The third kappa shape index (κ3) is 11.1. The van der Waals surface area contributed by atoms with E-state index in [0.717, 1.165) is 6.54 Å². The molecule has 0 amide bonds. The van der Waals surface area contributed by atoms with Crippen molar-refractivity contribution in [2.24, 2.45) is 0 Å². The number of hydrogen-bond donors (Lipinski definition) is 0. The third-order valence-electron chi connectivity index (χ3n) is 2.93. The molecule has 1 rings (SSSR count). The first kappa shape index (κ1) is 20.8. The van der Waals surface area contributed by atoms with E-state index in [9.17, 15) is 0 Å². The summed E-state index contributed by atoms with van der Waals surface area (Å²) in [6, 6.07) is 0. The van der Waals surface area contributed by atoms with Gasteiger partial charge < -0.3 is 14.7 Å². The molecule has 0 radical (unpaired) electrons. The summed E-state index contributed by atoms with van der Waals surface area (Å²) in [6.45, 7) is 14.8. The monoisotopic (exact) mass is 267 g/mol. The Balaban J connectivity index is 0. The molecule has 0 aliphatic carbocycles. The molecular weight excluding hydrogens is 237 g/mol. The fraction of sp³-hybridized carbons (Fsp3) is 0.923. The predicted octanol–water partition coefficient (Wildman–Crippen LogP) is -1.23. The molecule has 1 aliphatic heterocycles. The minimum Gasteiger partial charge on any atom is -0.462 e. The zero-order valence-electron chi connectivity index (χ0n) is 12.7. The molecule has 1 saturated heterocycles. The zero-order valence-corrected chi connectivity index (χ0v) is 15.8. The van der Waals surface area contributed by atoms with Gasteiger partial charge in [-0.1, -0.05) is 20.8 Å². The second kappa shape index (κ2) is 13.9. The Bertz CT molecular complexity index is 146. The molecule has 0 aromatic rings. The van der Waals surface area contributed by atoms with Gasteiger partial charge >= 0.3 is 51.4 Å². The van der Waals surface area contributed by atoms with E-state index in [1.807, 2.05) is 25.8 Å². The Morgan fingerprint density at radius 1 is 1.06 bits per heavy atom. The summed E-state index contributed by atoms with van der Waals surface area (Å²) in [5.41, 5.74) is 0. The smallest absolute Gasteiger partial charge is 0.462 e. The van der Waals surface area contributed by atoms with Gasteiger partial charge in [-0.05, 0) is 33.1 Å². The molecule has 0 N–H and O–H groups in total. The van der Waals surface area contributed by atoms with E-state index in [1.54, 1.807) is 0 Å². The summed E-state index contributed by atoms with van der Waals surface area (Å²) in [5.74, 6) is 0. The van der Waals surface area contributed by atoms with Gasteiger partial charge in [0, 0.05) is 26.2 Å². The topological polar surface area (TPSA) is 9.72 Å². The van der Waals surface area contributed by atoms with Crippen LogP contribution in [0.5, 0.6) is 0 Å². The molecular formula is C13H30KN3. The van der Waals surface area contributed by atoms with Crippen LogP contribution in [0.2, 0.25) is 0 Å². The largest absolute Gasteiger partial charge is 1.00 e. The second-order valence-corrected chi connectivity index (χ2v) is 4.21. The van der Waals surface area contributed by atoms with E-state index in [0.29, 0.717) is 0 Å². The molecule has 17 heavy (non-hydrogen) atoms. The standard InChI is InChI=1S/C11H24N3.C2H6.K/c1-4-13-8-10-14(11-9-13)7-5-6-12(2)3;1-2;/h2,4-11H2,1,3H3;1-2H3;/q-1;;+1. The average Bonchev–Trinajstić information content (AvgIpc) is 2.32. The fourth-order valence-corrected chi connectivity index (χ4v) is 1.89. The molecule has 1 fully saturated rings. The van der Waals surface area contributed by atoms with Crippen molar-refractivity contribution in [2.75, 3.05) is 52.9 Å². The normalized spacial score (nSPS) is 17.3. The van der Waals surface area contributed by atoms with Gasteiger partial charge in [0.15, 0.2) is 0 Å². The van der Waals surface area contributed by atoms with Crippen LogP contribution in [0.3, 0.4) is 0 Å². The van der Waals surface area contributed by atoms with Crippen molar-refractivity contribution in [3.05, 3.63) is 7.05 Å². The maximum Gasteiger partial charge on any atom is 1.00 e. The molecule has 0 bridgehead atoms. The van der Waals surface area contributed by atoms with Gasteiger partial charge in [-0.3, -0.25) is 7.05 Å². The molecule has 1 aliphatic rings. The molecule has 0 spiro atoms. The summed E-state index contributed by atoms with van der Waals surface area (Å²) in [4.78, 5) is 7.10. The number of nitrogens with zero attached hydrogens (tertiary/aromatic N) is 3. The number of piperazine rings is 1. The molecule has 0 atom stereocenters. The van der Waals surface area contributed by atoms with E-state index in [2.05, 4.69) is 23.8 Å². The third-order valence-corrected chi connectivity index (χ3v) is 2.93. The van der Waals surface area contributed by atoms with Crippen LogP contribution in [-0.4, -0.2) is 67.6 Å². The van der Waals surface area contributed by atoms with E-state index in [-0.39, 0.29) is 51.4 Å². The predicted molar refractivity (Wildman–Crippen MR) is 72.5 cm³/mol. The number of rotatable bonds is 5. The van der Waals surface area contributed by atoms with Gasteiger partial charge in [0.25, 0.3) is 0 Å². The zero-order chi connectivity index (χ0) is 12.4. The van der Waals surface area contributed by atoms with Crippen LogP contribution in [0.1, 0.15) is 27.2 Å². The molecule has 0 aromatic heterocycles. The molecule has 3 nitrogen and oxygen atoms in total. The van der Waals surface area contributed by atoms with E-state index >= 15 is 0 Å². The van der Waals surface area contributed by atoms with Crippen LogP contribution in [0.4, 0.5) is 0 Å². The van der Waals surface area contributed by atoms with Gasteiger partial charge in [-0.15, -0.1) is 0 Å². The first-order valence-corrected chi connectivity index (χ1v) is 6.68. The maximum absolute atomic E-state index is 3.85. The van der Waals surface area contributed by atoms with Crippen LogP contribution in [0, 0.1) is 7.05 Å². The minimum absolute atomic E-state index is 0. The Hall–Kier alpha value is 1.52. The van der Waals surface area contributed by atoms with Gasteiger partial charge in [0.05, 0.1) is 0 Å². The van der Waals surface area contributed by atoms with Crippen LogP contribution in [-0.2, 0) is 0 Å². The quantitative estimate of drug-likeness (QED) is 0.456. The minimum atomic E-state index is 0. The van der Waals surface area contributed by atoms with Gasteiger partial charge in [0.2, 0.25) is 0 Å².